The van der Waals surface area contributed by atoms with Crippen LogP contribution in [0.4, 0.5) is 5.69 Å². The van der Waals surface area contributed by atoms with Crippen molar-refractivity contribution in [3.8, 4) is 34.1 Å². The van der Waals surface area contributed by atoms with Gasteiger partial charge < -0.3 is 35.8 Å². The number of aliphatic hydroxyl groups excluding tert-OH is 1. The fraction of sp³-hybridized carbons (Fsp3) is 0.324. The Bertz CT molecular complexity index is 1750. The summed E-state index contributed by atoms with van der Waals surface area (Å²) in [4.78, 5) is 38.4. The van der Waals surface area contributed by atoms with E-state index in [2.05, 4.69) is 31.2 Å². The number of rotatable bonds is 14. The number of nitrogens with one attached hydrogen (secondary N) is 4. The van der Waals surface area contributed by atoms with E-state index in [1.165, 1.54) is 7.11 Å². The van der Waals surface area contributed by atoms with E-state index in [-0.39, 0.29) is 24.2 Å². The van der Waals surface area contributed by atoms with Crippen LogP contribution in [-0.2, 0) is 17.9 Å². The van der Waals surface area contributed by atoms with Gasteiger partial charge in [-0.25, -0.2) is 4.98 Å². The van der Waals surface area contributed by atoms with Gasteiger partial charge in [0.2, 0.25) is 11.8 Å². The Morgan fingerprint density at radius 2 is 1.89 bits per heavy atom. The maximum absolute atomic E-state index is 13.2. The summed E-state index contributed by atoms with van der Waals surface area (Å²) in [7, 11) is 3.11. The number of aliphatic hydroxyl groups is 1. The molecule has 5 N–H and O–H groups in total. The number of halogens is 1. The van der Waals surface area contributed by atoms with Crippen LogP contribution >= 0.6 is 11.6 Å². The van der Waals surface area contributed by atoms with Gasteiger partial charge >= 0.3 is 0 Å². The fourth-order valence-electron chi connectivity index (χ4n) is 5.40. The van der Waals surface area contributed by atoms with Gasteiger partial charge in [-0.2, -0.15) is 0 Å². The third kappa shape index (κ3) is 8.03. The van der Waals surface area contributed by atoms with Crippen LogP contribution in [0, 0.1) is 6.92 Å². The summed E-state index contributed by atoms with van der Waals surface area (Å²) in [5, 5.41) is 21.8. The van der Waals surface area contributed by atoms with Crippen molar-refractivity contribution in [1.29, 1.82) is 0 Å². The van der Waals surface area contributed by atoms with Crippen LogP contribution in [0.3, 0.4) is 0 Å². The predicted molar refractivity (Wildman–Crippen MR) is 180 cm³/mol. The number of benzene rings is 1. The molecule has 47 heavy (non-hydrogen) atoms. The number of nitrogens with zero attached hydrogens (tertiary/aromatic N) is 3. The molecular formula is C34H38ClN7O5. The van der Waals surface area contributed by atoms with E-state index in [4.69, 9.17) is 31.2 Å². The molecule has 5 rings (SSSR count). The van der Waals surface area contributed by atoms with Gasteiger partial charge in [-0.3, -0.25) is 19.6 Å². The summed E-state index contributed by atoms with van der Waals surface area (Å²) in [5.74, 6) is 0.679. The molecule has 2 amide bonds. The third-order valence-corrected chi connectivity index (χ3v) is 8.31. The number of methoxy groups -OCH3 is 2. The fourth-order valence-corrected chi connectivity index (χ4v) is 5.71. The number of carbonyl (C=O) groups excluding carboxylic acids is 2. The van der Waals surface area contributed by atoms with Crippen molar-refractivity contribution in [3.05, 3.63) is 82.3 Å². The molecule has 4 heterocycles. The van der Waals surface area contributed by atoms with Gasteiger partial charge in [0, 0.05) is 85.0 Å². The Hall–Kier alpha value is -4.62. The smallest absolute Gasteiger partial charge is 0.274 e. The first kappa shape index (κ1) is 33.7. The summed E-state index contributed by atoms with van der Waals surface area (Å²) in [6.07, 6.45) is 4.64. The van der Waals surface area contributed by atoms with Crippen LogP contribution in [0.5, 0.6) is 11.6 Å². The van der Waals surface area contributed by atoms with Gasteiger partial charge in [-0.15, -0.1) is 0 Å². The zero-order chi connectivity index (χ0) is 33.3. The number of aromatic nitrogens is 3. The van der Waals surface area contributed by atoms with E-state index in [1.54, 1.807) is 37.7 Å². The predicted octanol–water partition coefficient (Wildman–Crippen LogP) is 3.89. The van der Waals surface area contributed by atoms with Gasteiger partial charge in [0.05, 0.1) is 37.2 Å². The molecule has 1 aliphatic rings. The lowest BCUT2D eigenvalue weighted by Crippen LogP contribution is -2.35. The maximum Gasteiger partial charge on any atom is 0.274 e. The van der Waals surface area contributed by atoms with E-state index in [0.717, 1.165) is 28.7 Å². The van der Waals surface area contributed by atoms with E-state index >= 15 is 0 Å². The van der Waals surface area contributed by atoms with Crippen molar-refractivity contribution >= 4 is 29.1 Å². The van der Waals surface area contributed by atoms with Gasteiger partial charge in [0.15, 0.2) is 0 Å². The Morgan fingerprint density at radius 3 is 2.64 bits per heavy atom. The standard InChI is InChI=1S/C34H38ClN7O5/c1-20-24(5-4-6-26(20)41-33(45)28-15-29(46-2)22(18-39-28)17-36-13-14-43)32-31(35)25(11-12-38-32)27-9-7-21(34(42-27)47-3)16-37-19-23-8-10-30(44)40-23/h4-7,9,11-12,15,18,23,36-37,43H,8,10,13-14,16-17,19H2,1-3H3,(H,40,44)(H,41,45)/t23-/m0/s1. The summed E-state index contributed by atoms with van der Waals surface area (Å²) in [6, 6.07) is 12.9. The van der Waals surface area contributed by atoms with Crippen molar-refractivity contribution < 1.29 is 24.2 Å². The molecule has 0 aliphatic carbocycles. The number of amides is 2. The molecule has 13 heteroatoms. The topological polar surface area (TPSA) is 160 Å². The Labute approximate surface area is 278 Å². The highest BCUT2D eigenvalue weighted by molar-refractivity contribution is 6.35. The average Bonchev–Trinajstić information content (AvgIpc) is 3.50. The molecule has 1 fully saturated rings. The molecule has 0 bridgehead atoms. The first-order valence-electron chi connectivity index (χ1n) is 15.3. The number of pyridine rings is 3. The zero-order valence-corrected chi connectivity index (χ0v) is 27.3. The molecule has 0 saturated carbocycles. The number of anilines is 1. The normalized spacial score (nSPS) is 14.1. The highest BCUT2D eigenvalue weighted by atomic mass is 35.5. The molecule has 1 aromatic carbocycles. The van der Waals surface area contributed by atoms with Crippen molar-refractivity contribution in [1.82, 2.24) is 30.9 Å². The van der Waals surface area contributed by atoms with Crippen molar-refractivity contribution in [2.75, 3.05) is 39.2 Å². The molecule has 246 valence electrons. The van der Waals surface area contributed by atoms with Crippen molar-refractivity contribution in [2.24, 2.45) is 0 Å². The molecule has 0 radical (unpaired) electrons. The minimum absolute atomic E-state index is 0.0150. The first-order chi connectivity index (χ1) is 22.8. The highest BCUT2D eigenvalue weighted by Gasteiger charge is 2.21. The molecule has 1 aliphatic heterocycles. The molecular weight excluding hydrogens is 622 g/mol. The van der Waals surface area contributed by atoms with Crippen LogP contribution in [0.2, 0.25) is 5.02 Å². The lowest BCUT2D eigenvalue weighted by Gasteiger charge is -2.16. The number of hydrogen-bond donors (Lipinski definition) is 5. The van der Waals surface area contributed by atoms with Crippen LogP contribution in [0.15, 0.2) is 54.9 Å². The summed E-state index contributed by atoms with van der Waals surface area (Å²) >= 11 is 6.98. The van der Waals surface area contributed by atoms with Crippen molar-refractivity contribution in [3.63, 3.8) is 0 Å². The Morgan fingerprint density at radius 1 is 1.06 bits per heavy atom. The monoisotopic (exact) mass is 659 g/mol. The summed E-state index contributed by atoms with van der Waals surface area (Å²) < 4.78 is 11.1. The van der Waals surface area contributed by atoms with E-state index < -0.39 is 5.91 Å². The quantitative estimate of drug-likeness (QED) is 0.126. The molecule has 1 atom stereocenters. The first-order valence-corrected chi connectivity index (χ1v) is 15.6. The molecule has 1 saturated heterocycles. The molecule has 0 spiro atoms. The average molecular weight is 660 g/mol. The second kappa shape index (κ2) is 15.8. The van der Waals surface area contributed by atoms with E-state index in [1.807, 2.05) is 31.2 Å². The maximum atomic E-state index is 13.2. The van der Waals surface area contributed by atoms with Crippen LogP contribution in [-0.4, -0.2) is 71.8 Å². The summed E-state index contributed by atoms with van der Waals surface area (Å²) in [6.45, 7) is 3.97. The number of carbonyl (C=O) groups is 2. The number of hydrogen-bond acceptors (Lipinski definition) is 10. The van der Waals surface area contributed by atoms with Gasteiger partial charge in [-0.05, 0) is 37.1 Å². The van der Waals surface area contributed by atoms with Crippen LogP contribution < -0.4 is 30.7 Å². The number of ether oxygens (including phenoxy) is 2. The molecule has 12 nitrogen and oxygen atoms in total. The van der Waals surface area contributed by atoms with Gasteiger partial charge in [0.25, 0.3) is 5.91 Å². The highest BCUT2D eigenvalue weighted by Crippen LogP contribution is 2.38. The largest absolute Gasteiger partial charge is 0.496 e. The third-order valence-electron chi connectivity index (χ3n) is 7.93. The SMILES string of the molecule is COc1cc(C(=O)Nc2cccc(-c3nccc(-c4ccc(CNC[C@@H]5CCC(=O)N5)c(OC)n4)c3Cl)c2C)ncc1CNCCO. The second-order valence-corrected chi connectivity index (χ2v) is 11.4. The van der Waals surface area contributed by atoms with Crippen molar-refractivity contribution in [2.45, 2.75) is 38.9 Å². The molecule has 4 aromatic rings. The lowest BCUT2D eigenvalue weighted by molar-refractivity contribution is -0.119. The van der Waals surface area contributed by atoms with E-state index in [9.17, 15) is 9.59 Å². The Balaban J connectivity index is 1.34. The van der Waals surface area contributed by atoms with Crippen LogP contribution in [0.1, 0.15) is 40.0 Å². The second-order valence-electron chi connectivity index (χ2n) is 11.0. The Kier molecular flexibility index (Phi) is 11.3. The molecule has 3 aromatic heterocycles. The van der Waals surface area contributed by atoms with Gasteiger partial charge in [-0.1, -0.05) is 29.8 Å². The van der Waals surface area contributed by atoms with Crippen LogP contribution in [0.25, 0.3) is 22.5 Å². The van der Waals surface area contributed by atoms with Gasteiger partial charge in [0.1, 0.15) is 11.4 Å². The minimum Gasteiger partial charge on any atom is -0.496 e. The zero-order valence-electron chi connectivity index (χ0n) is 26.5. The summed E-state index contributed by atoms with van der Waals surface area (Å²) in [5.41, 5.74) is 5.80. The lowest BCUT2D eigenvalue weighted by atomic mass is 10.0. The minimum atomic E-state index is -0.398. The molecule has 0 unspecified atom stereocenters. The van der Waals surface area contributed by atoms with E-state index in [0.29, 0.717) is 71.9 Å².